The molecule has 7 nitrogen and oxygen atoms in total. The van der Waals surface area contributed by atoms with Crippen molar-refractivity contribution in [2.45, 2.75) is 36.8 Å². The first kappa shape index (κ1) is 16.1. The molecule has 0 radical (unpaired) electrons. The zero-order chi connectivity index (χ0) is 16.5. The van der Waals surface area contributed by atoms with Gasteiger partial charge in [0, 0.05) is 19.3 Å². The standard InChI is InChI=1S/C15H20N4O3S/c1-13-3-5-14(6-4-13)23(21,22)19-9-2-7-15(20,12-19)11-18-10-8-16-17-18/h3-6,8,10,20H,2,7,9,11-12H2,1H3. The zero-order valence-electron chi connectivity index (χ0n) is 13.0. The number of aliphatic hydroxyl groups is 1. The second-order valence-corrected chi connectivity index (χ2v) is 8.02. The summed E-state index contributed by atoms with van der Waals surface area (Å²) in [5.74, 6) is 0. The van der Waals surface area contributed by atoms with Crippen LogP contribution < -0.4 is 0 Å². The number of benzene rings is 1. The maximum Gasteiger partial charge on any atom is 0.243 e. The van der Waals surface area contributed by atoms with Crippen molar-refractivity contribution in [3.05, 3.63) is 42.2 Å². The SMILES string of the molecule is Cc1ccc(S(=O)(=O)N2CCCC(O)(Cn3ccnn3)C2)cc1. The van der Waals surface area contributed by atoms with Gasteiger partial charge in [0.05, 0.1) is 23.2 Å². The molecule has 0 bridgehead atoms. The monoisotopic (exact) mass is 336 g/mol. The van der Waals surface area contributed by atoms with Crippen molar-refractivity contribution in [3.8, 4) is 0 Å². The number of piperidine rings is 1. The van der Waals surface area contributed by atoms with E-state index in [2.05, 4.69) is 10.3 Å². The number of aromatic nitrogens is 3. The molecule has 0 spiro atoms. The molecule has 0 saturated carbocycles. The average Bonchev–Trinajstić information content (AvgIpc) is 3.00. The van der Waals surface area contributed by atoms with Crippen LogP contribution in [0.3, 0.4) is 0 Å². The third-order valence-corrected chi connectivity index (χ3v) is 5.97. The predicted octanol–water partition coefficient (Wildman–Crippen LogP) is 0.802. The molecule has 0 amide bonds. The van der Waals surface area contributed by atoms with Gasteiger partial charge in [-0.05, 0) is 31.9 Å². The summed E-state index contributed by atoms with van der Waals surface area (Å²) in [5, 5.41) is 18.3. The van der Waals surface area contributed by atoms with Crippen molar-refractivity contribution in [1.82, 2.24) is 19.3 Å². The first-order valence-corrected chi connectivity index (χ1v) is 8.96. The number of nitrogens with zero attached hydrogens (tertiary/aromatic N) is 4. The van der Waals surface area contributed by atoms with Crippen LogP contribution in [0.25, 0.3) is 0 Å². The molecule has 1 aliphatic heterocycles. The molecule has 1 saturated heterocycles. The summed E-state index contributed by atoms with van der Waals surface area (Å²) in [6, 6.07) is 6.77. The second-order valence-electron chi connectivity index (χ2n) is 6.08. The molecule has 1 aromatic heterocycles. The van der Waals surface area contributed by atoms with E-state index in [0.717, 1.165) is 5.56 Å². The van der Waals surface area contributed by atoms with Gasteiger partial charge < -0.3 is 5.11 Å². The molecule has 8 heteroatoms. The van der Waals surface area contributed by atoms with Crippen LogP contribution in [-0.4, -0.2) is 51.5 Å². The van der Waals surface area contributed by atoms with Crippen LogP contribution >= 0.6 is 0 Å². The van der Waals surface area contributed by atoms with Crippen molar-refractivity contribution in [2.75, 3.05) is 13.1 Å². The second kappa shape index (κ2) is 6.03. The Hall–Kier alpha value is -1.77. The number of aryl methyl sites for hydroxylation is 1. The van der Waals surface area contributed by atoms with E-state index in [1.807, 2.05) is 6.92 Å². The minimum atomic E-state index is -3.60. The first-order valence-electron chi connectivity index (χ1n) is 7.52. The highest BCUT2D eigenvalue weighted by Gasteiger charge is 2.39. The van der Waals surface area contributed by atoms with E-state index in [-0.39, 0.29) is 18.0 Å². The van der Waals surface area contributed by atoms with Gasteiger partial charge in [0.1, 0.15) is 0 Å². The third kappa shape index (κ3) is 3.44. The molecule has 2 heterocycles. The third-order valence-electron chi connectivity index (χ3n) is 4.11. The van der Waals surface area contributed by atoms with E-state index in [1.165, 1.54) is 15.2 Å². The number of β-amino-alcohol motifs (C(OH)–C–C–N with tert-alkyl or cyclic N) is 1. The van der Waals surface area contributed by atoms with Gasteiger partial charge >= 0.3 is 0 Å². The van der Waals surface area contributed by atoms with Crippen molar-refractivity contribution >= 4 is 10.0 Å². The molecule has 1 unspecified atom stereocenters. The Morgan fingerprint density at radius 2 is 2.04 bits per heavy atom. The number of hydrogen-bond acceptors (Lipinski definition) is 5. The lowest BCUT2D eigenvalue weighted by molar-refractivity contribution is -0.0248. The Morgan fingerprint density at radius 1 is 1.30 bits per heavy atom. The number of sulfonamides is 1. The van der Waals surface area contributed by atoms with Crippen LogP contribution in [0.4, 0.5) is 0 Å². The van der Waals surface area contributed by atoms with E-state index >= 15 is 0 Å². The molecular weight excluding hydrogens is 316 g/mol. The Labute approximate surface area is 135 Å². The largest absolute Gasteiger partial charge is 0.387 e. The van der Waals surface area contributed by atoms with Crippen LogP contribution in [-0.2, 0) is 16.6 Å². The summed E-state index contributed by atoms with van der Waals surface area (Å²) in [7, 11) is -3.60. The molecule has 1 aromatic carbocycles. The van der Waals surface area contributed by atoms with Crippen molar-refractivity contribution < 1.29 is 13.5 Å². The summed E-state index contributed by atoms with van der Waals surface area (Å²) < 4.78 is 28.4. The lowest BCUT2D eigenvalue weighted by Gasteiger charge is -2.38. The highest BCUT2D eigenvalue weighted by molar-refractivity contribution is 7.89. The summed E-state index contributed by atoms with van der Waals surface area (Å²) in [5.41, 5.74) is -0.130. The summed E-state index contributed by atoms with van der Waals surface area (Å²) in [6.07, 6.45) is 4.33. The maximum absolute atomic E-state index is 12.8. The highest BCUT2D eigenvalue weighted by Crippen LogP contribution is 2.27. The molecule has 23 heavy (non-hydrogen) atoms. The van der Waals surface area contributed by atoms with Gasteiger partial charge in [-0.3, -0.25) is 0 Å². The van der Waals surface area contributed by atoms with Crippen LogP contribution in [0.2, 0.25) is 0 Å². The zero-order valence-corrected chi connectivity index (χ0v) is 13.8. The fourth-order valence-corrected chi connectivity index (χ4v) is 4.44. The summed E-state index contributed by atoms with van der Waals surface area (Å²) in [4.78, 5) is 0.258. The minimum Gasteiger partial charge on any atom is -0.387 e. The topological polar surface area (TPSA) is 88.3 Å². The molecule has 1 fully saturated rings. The highest BCUT2D eigenvalue weighted by atomic mass is 32.2. The van der Waals surface area contributed by atoms with Gasteiger partial charge in [-0.15, -0.1) is 5.10 Å². The van der Waals surface area contributed by atoms with E-state index in [9.17, 15) is 13.5 Å². The fourth-order valence-electron chi connectivity index (χ4n) is 2.88. The Bertz CT molecular complexity index is 759. The van der Waals surface area contributed by atoms with Gasteiger partial charge in [0.2, 0.25) is 10.0 Å². The van der Waals surface area contributed by atoms with Crippen LogP contribution in [0.5, 0.6) is 0 Å². The van der Waals surface area contributed by atoms with E-state index < -0.39 is 15.6 Å². The van der Waals surface area contributed by atoms with Gasteiger partial charge in [0.25, 0.3) is 0 Å². The smallest absolute Gasteiger partial charge is 0.243 e. The van der Waals surface area contributed by atoms with Crippen molar-refractivity contribution in [2.24, 2.45) is 0 Å². The lowest BCUT2D eigenvalue weighted by atomic mass is 9.94. The minimum absolute atomic E-state index is 0.0586. The van der Waals surface area contributed by atoms with E-state index in [4.69, 9.17) is 0 Å². The molecule has 1 N–H and O–H groups in total. The molecule has 2 aromatic rings. The molecule has 3 rings (SSSR count). The van der Waals surface area contributed by atoms with Crippen LogP contribution in [0, 0.1) is 6.92 Å². The van der Waals surface area contributed by atoms with Crippen molar-refractivity contribution in [3.63, 3.8) is 0 Å². The molecule has 124 valence electrons. The average molecular weight is 336 g/mol. The van der Waals surface area contributed by atoms with E-state index in [0.29, 0.717) is 19.4 Å². The Balaban J connectivity index is 1.81. The fraction of sp³-hybridized carbons (Fsp3) is 0.467. The van der Waals surface area contributed by atoms with Crippen LogP contribution in [0.15, 0.2) is 41.6 Å². The van der Waals surface area contributed by atoms with E-state index in [1.54, 1.807) is 30.5 Å². The summed E-state index contributed by atoms with van der Waals surface area (Å²) >= 11 is 0. The number of hydrogen-bond donors (Lipinski definition) is 1. The maximum atomic E-state index is 12.8. The van der Waals surface area contributed by atoms with Crippen LogP contribution in [0.1, 0.15) is 18.4 Å². The lowest BCUT2D eigenvalue weighted by Crippen LogP contribution is -2.52. The molecule has 0 aliphatic carbocycles. The Kier molecular flexibility index (Phi) is 4.22. The first-order chi connectivity index (χ1) is 10.9. The van der Waals surface area contributed by atoms with Gasteiger partial charge in [-0.25, -0.2) is 13.1 Å². The predicted molar refractivity (Wildman–Crippen MR) is 84.1 cm³/mol. The quantitative estimate of drug-likeness (QED) is 0.892. The Morgan fingerprint density at radius 3 is 2.70 bits per heavy atom. The van der Waals surface area contributed by atoms with Crippen molar-refractivity contribution in [1.29, 1.82) is 0 Å². The molecular formula is C15H20N4O3S. The van der Waals surface area contributed by atoms with Gasteiger partial charge in [-0.1, -0.05) is 22.9 Å². The normalized spacial score (nSPS) is 23.0. The number of rotatable bonds is 4. The van der Waals surface area contributed by atoms with Gasteiger partial charge in [-0.2, -0.15) is 4.31 Å². The summed E-state index contributed by atoms with van der Waals surface area (Å²) in [6.45, 7) is 2.61. The van der Waals surface area contributed by atoms with Gasteiger partial charge in [0.15, 0.2) is 0 Å². The molecule has 1 atom stereocenters. The molecule has 1 aliphatic rings.